The minimum absolute atomic E-state index is 0.0405. The Morgan fingerprint density at radius 1 is 1.24 bits per heavy atom. The van der Waals surface area contributed by atoms with Crippen molar-refractivity contribution >= 4 is 39.6 Å². The molecule has 132 valence electrons. The van der Waals surface area contributed by atoms with Crippen molar-refractivity contribution in [3.63, 3.8) is 0 Å². The number of hydrogen-bond donors (Lipinski definition) is 3. The Bertz CT molecular complexity index is 934. The number of nitrogens with zero attached hydrogens (tertiary/aromatic N) is 2. The lowest BCUT2D eigenvalue weighted by molar-refractivity contribution is 0.0692. The molecule has 12 heteroatoms. The number of hydrogen-bond acceptors (Lipinski definition) is 7. The smallest absolute Gasteiger partial charge is 0.337 e. The van der Waals surface area contributed by atoms with E-state index in [-0.39, 0.29) is 17.0 Å². The van der Waals surface area contributed by atoms with Gasteiger partial charge in [-0.25, -0.2) is 27.7 Å². The average molecular weight is 387 g/mol. The van der Waals surface area contributed by atoms with Crippen molar-refractivity contribution in [2.75, 3.05) is 12.4 Å². The van der Waals surface area contributed by atoms with Gasteiger partial charge >= 0.3 is 12.0 Å². The van der Waals surface area contributed by atoms with Gasteiger partial charge in [0.15, 0.2) is 0 Å². The number of rotatable bonds is 5. The molecule has 2 aromatic rings. The third kappa shape index (κ3) is 4.55. The number of aromatic nitrogens is 2. The Kier molecular flexibility index (Phi) is 5.39. The largest absolute Gasteiger partial charge is 0.481 e. The number of urea groups is 1. The molecule has 2 rings (SSSR count). The molecule has 0 unspecified atom stereocenters. The van der Waals surface area contributed by atoms with E-state index >= 15 is 0 Å². The van der Waals surface area contributed by atoms with Crippen molar-refractivity contribution in [1.82, 2.24) is 14.7 Å². The van der Waals surface area contributed by atoms with Crippen molar-refractivity contribution < 1.29 is 27.9 Å². The van der Waals surface area contributed by atoms with Gasteiger partial charge < -0.3 is 9.84 Å². The lowest BCUT2D eigenvalue weighted by Gasteiger charge is -2.10. The topological polar surface area (TPSA) is 148 Å². The molecule has 0 fully saturated rings. The summed E-state index contributed by atoms with van der Waals surface area (Å²) in [4.78, 5) is 29.9. The molecule has 0 radical (unpaired) electrons. The van der Waals surface area contributed by atoms with Crippen LogP contribution in [0.1, 0.15) is 10.4 Å². The number of sulfonamides is 1. The third-order valence-corrected chi connectivity index (χ3v) is 4.32. The molecule has 0 bridgehead atoms. The molecule has 10 nitrogen and oxygen atoms in total. The number of nitrogens with one attached hydrogen (secondary N) is 2. The van der Waals surface area contributed by atoms with Crippen LogP contribution in [0.2, 0.25) is 5.15 Å². The van der Waals surface area contributed by atoms with Crippen molar-refractivity contribution in [3.05, 3.63) is 41.0 Å². The summed E-state index contributed by atoms with van der Waals surface area (Å²) < 4.78 is 30.9. The van der Waals surface area contributed by atoms with Gasteiger partial charge in [0.2, 0.25) is 11.8 Å². The van der Waals surface area contributed by atoms with Gasteiger partial charge in [0.05, 0.1) is 12.7 Å². The number of halogens is 1. The van der Waals surface area contributed by atoms with Crippen molar-refractivity contribution in [2.24, 2.45) is 0 Å². The monoisotopic (exact) mass is 386 g/mol. The first-order valence-electron chi connectivity index (χ1n) is 6.47. The number of amides is 2. The summed E-state index contributed by atoms with van der Waals surface area (Å²) in [6.45, 7) is 0. The van der Waals surface area contributed by atoms with Crippen molar-refractivity contribution in [1.29, 1.82) is 0 Å². The van der Waals surface area contributed by atoms with Crippen LogP contribution in [0, 0.1) is 0 Å². The Morgan fingerprint density at radius 3 is 2.56 bits per heavy atom. The van der Waals surface area contributed by atoms with Crippen LogP contribution in [-0.2, 0) is 10.0 Å². The van der Waals surface area contributed by atoms with E-state index < -0.39 is 32.5 Å². The molecule has 1 aromatic heterocycles. The van der Waals surface area contributed by atoms with Crippen LogP contribution in [0.3, 0.4) is 0 Å². The third-order valence-electron chi connectivity index (χ3n) is 2.74. The second kappa shape index (κ2) is 7.32. The zero-order chi connectivity index (χ0) is 18.6. The highest BCUT2D eigenvalue weighted by atomic mass is 35.5. The lowest BCUT2D eigenvalue weighted by atomic mass is 10.2. The summed E-state index contributed by atoms with van der Waals surface area (Å²) in [6, 6.07) is 4.91. The number of carbonyl (C=O) groups excluding carboxylic acids is 1. The number of carbonyl (C=O) groups is 2. The number of methoxy groups -OCH3 is 1. The normalized spacial score (nSPS) is 10.8. The van der Waals surface area contributed by atoms with Crippen molar-refractivity contribution in [3.8, 4) is 5.88 Å². The Balaban J connectivity index is 2.23. The second-order valence-corrected chi connectivity index (χ2v) is 6.46. The predicted octanol–water partition coefficient (Wildman–Crippen LogP) is 1.35. The summed E-state index contributed by atoms with van der Waals surface area (Å²) in [5.74, 6) is -1.71. The number of carboxylic acids is 1. The second-order valence-electron chi connectivity index (χ2n) is 4.42. The number of ether oxygens (including phenoxy) is 1. The molecule has 1 heterocycles. The summed E-state index contributed by atoms with van der Waals surface area (Å²) in [7, 11) is -3.13. The molecule has 0 atom stereocenters. The number of carboxylic acid groups (broad SMARTS) is 1. The van der Waals surface area contributed by atoms with Crippen LogP contribution in [-0.4, -0.2) is 42.6 Å². The van der Waals surface area contributed by atoms with E-state index in [1.165, 1.54) is 25.3 Å². The molecule has 1 aromatic carbocycles. The first-order valence-corrected chi connectivity index (χ1v) is 8.34. The highest BCUT2D eigenvalue weighted by molar-refractivity contribution is 7.90. The van der Waals surface area contributed by atoms with Crippen LogP contribution >= 0.6 is 11.6 Å². The average Bonchev–Trinajstić information content (AvgIpc) is 2.53. The highest BCUT2D eigenvalue weighted by Crippen LogP contribution is 2.17. The molecule has 25 heavy (non-hydrogen) atoms. The van der Waals surface area contributed by atoms with Gasteiger partial charge in [0, 0.05) is 6.07 Å². The summed E-state index contributed by atoms with van der Waals surface area (Å²) in [5, 5.41) is 11.1. The predicted molar refractivity (Wildman–Crippen MR) is 86.3 cm³/mol. The van der Waals surface area contributed by atoms with Gasteiger partial charge in [0.1, 0.15) is 10.0 Å². The van der Waals surface area contributed by atoms with Crippen LogP contribution in [0.15, 0.2) is 35.2 Å². The standard InChI is InChI=1S/C13H11ClN4O6S/c1-24-10-6-9(14)15-12(16-10)17-13(21)18-25(22,23)8-5-3-2-4-7(8)11(19)20/h2-6H,1H3,(H,19,20)(H2,15,16,17,18,21). The zero-order valence-corrected chi connectivity index (χ0v) is 14.1. The van der Waals surface area contributed by atoms with E-state index in [4.69, 9.17) is 21.4 Å². The molecular weight excluding hydrogens is 376 g/mol. The van der Waals surface area contributed by atoms with E-state index in [9.17, 15) is 18.0 Å². The van der Waals surface area contributed by atoms with Gasteiger partial charge in [-0.2, -0.15) is 4.98 Å². The highest BCUT2D eigenvalue weighted by Gasteiger charge is 2.24. The van der Waals surface area contributed by atoms with E-state index in [1.807, 2.05) is 0 Å². The van der Waals surface area contributed by atoms with Gasteiger partial charge in [-0.15, -0.1) is 0 Å². The molecule has 0 saturated carbocycles. The first kappa shape index (κ1) is 18.4. The lowest BCUT2D eigenvalue weighted by Crippen LogP contribution is -2.35. The fourth-order valence-electron chi connectivity index (χ4n) is 1.74. The fourth-order valence-corrected chi connectivity index (χ4v) is 3.02. The van der Waals surface area contributed by atoms with E-state index in [2.05, 4.69) is 15.3 Å². The number of anilines is 1. The van der Waals surface area contributed by atoms with Crippen molar-refractivity contribution in [2.45, 2.75) is 4.90 Å². The summed E-state index contributed by atoms with van der Waals surface area (Å²) in [5.41, 5.74) is -0.483. The molecule has 2 amide bonds. The SMILES string of the molecule is COc1cc(Cl)nc(NC(=O)NS(=O)(=O)c2ccccc2C(=O)O)n1. The van der Waals surface area contributed by atoms with Crippen LogP contribution < -0.4 is 14.8 Å². The first-order chi connectivity index (χ1) is 11.7. The summed E-state index contributed by atoms with van der Waals surface area (Å²) in [6.07, 6.45) is 0. The van der Waals surface area contributed by atoms with Gasteiger partial charge in [-0.3, -0.25) is 5.32 Å². The minimum Gasteiger partial charge on any atom is -0.481 e. The molecule has 0 aliphatic rings. The Labute approximate surface area is 146 Å². The molecule has 0 aliphatic heterocycles. The Hall–Kier alpha value is -2.92. The Morgan fingerprint density at radius 2 is 1.92 bits per heavy atom. The zero-order valence-electron chi connectivity index (χ0n) is 12.6. The molecule has 0 aliphatic carbocycles. The van der Waals surface area contributed by atoms with E-state index in [1.54, 1.807) is 4.72 Å². The van der Waals surface area contributed by atoms with E-state index in [0.29, 0.717) is 0 Å². The van der Waals surface area contributed by atoms with Gasteiger partial charge in [-0.05, 0) is 12.1 Å². The maximum Gasteiger partial charge on any atom is 0.337 e. The minimum atomic E-state index is -4.44. The quantitative estimate of drug-likeness (QED) is 0.652. The number of aromatic carboxylic acids is 1. The van der Waals surface area contributed by atoms with E-state index in [0.717, 1.165) is 12.1 Å². The maximum absolute atomic E-state index is 12.2. The molecule has 0 spiro atoms. The van der Waals surface area contributed by atoms with Gasteiger partial charge in [0.25, 0.3) is 10.0 Å². The molecule has 3 N–H and O–H groups in total. The maximum atomic E-state index is 12.2. The van der Waals surface area contributed by atoms with Crippen LogP contribution in [0.5, 0.6) is 5.88 Å². The fraction of sp³-hybridized carbons (Fsp3) is 0.0769. The van der Waals surface area contributed by atoms with Crippen LogP contribution in [0.4, 0.5) is 10.7 Å². The van der Waals surface area contributed by atoms with Gasteiger partial charge in [-0.1, -0.05) is 23.7 Å². The number of benzene rings is 1. The molecule has 0 saturated heterocycles. The molecular formula is C13H11ClN4O6S. The summed E-state index contributed by atoms with van der Waals surface area (Å²) >= 11 is 5.71. The van der Waals surface area contributed by atoms with Crippen LogP contribution in [0.25, 0.3) is 0 Å².